The Hall–Kier alpha value is -0.930. The molecule has 0 aliphatic carbocycles. The molecule has 0 aromatic heterocycles. The fraction of sp³-hybridized carbons (Fsp3) is 0.500. The molecule has 3 nitrogen and oxygen atoms in total. The summed E-state index contributed by atoms with van der Waals surface area (Å²) in [5, 5.41) is 14.0. The van der Waals surface area contributed by atoms with Crippen LogP contribution in [0.3, 0.4) is 0 Å². The normalized spacial score (nSPS) is 20.8. The number of halogens is 1. The van der Waals surface area contributed by atoms with Gasteiger partial charge in [0.15, 0.2) is 11.5 Å². The number of nitrogens with one attached hydrogen (secondary N) is 1. The van der Waals surface area contributed by atoms with E-state index in [0.717, 1.165) is 31.5 Å². The SMILES string of the molecule is COc1cc(Cl)cc(C2CCCNC2)c1O. The Morgan fingerprint density at radius 2 is 2.31 bits per heavy atom. The van der Waals surface area contributed by atoms with E-state index in [0.29, 0.717) is 16.7 Å². The first kappa shape index (κ1) is 11.6. The van der Waals surface area contributed by atoms with E-state index in [9.17, 15) is 5.11 Å². The van der Waals surface area contributed by atoms with Crippen molar-refractivity contribution >= 4 is 11.6 Å². The van der Waals surface area contributed by atoms with Gasteiger partial charge in [0.1, 0.15) is 0 Å². The van der Waals surface area contributed by atoms with Crippen molar-refractivity contribution in [1.29, 1.82) is 0 Å². The lowest BCUT2D eigenvalue weighted by atomic mass is 9.91. The first-order valence-electron chi connectivity index (χ1n) is 5.49. The molecule has 1 heterocycles. The molecule has 1 saturated heterocycles. The van der Waals surface area contributed by atoms with Crippen LogP contribution in [0.4, 0.5) is 0 Å². The van der Waals surface area contributed by atoms with Gasteiger partial charge in [-0.25, -0.2) is 0 Å². The third-order valence-electron chi connectivity index (χ3n) is 3.03. The maximum atomic E-state index is 10.1. The van der Waals surface area contributed by atoms with Gasteiger partial charge in [0.05, 0.1) is 7.11 Å². The van der Waals surface area contributed by atoms with Crippen LogP contribution in [0.25, 0.3) is 0 Å². The van der Waals surface area contributed by atoms with Crippen LogP contribution in [0.1, 0.15) is 24.3 Å². The highest BCUT2D eigenvalue weighted by atomic mass is 35.5. The molecule has 1 aliphatic rings. The van der Waals surface area contributed by atoms with Crippen LogP contribution in [0.15, 0.2) is 12.1 Å². The van der Waals surface area contributed by atoms with E-state index >= 15 is 0 Å². The van der Waals surface area contributed by atoms with Crippen molar-refractivity contribution in [2.24, 2.45) is 0 Å². The summed E-state index contributed by atoms with van der Waals surface area (Å²) in [5.41, 5.74) is 0.886. The van der Waals surface area contributed by atoms with Gasteiger partial charge in [0.2, 0.25) is 0 Å². The zero-order chi connectivity index (χ0) is 11.5. The average Bonchev–Trinajstić information content (AvgIpc) is 2.33. The molecule has 1 fully saturated rings. The Morgan fingerprint density at radius 3 is 2.94 bits per heavy atom. The van der Waals surface area contributed by atoms with Crippen molar-refractivity contribution in [3.05, 3.63) is 22.7 Å². The van der Waals surface area contributed by atoms with Crippen LogP contribution in [0.5, 0.6) is 11.5 Å². The van der Waals surface area contributed by atoms with Crippen molar-refractivity contribution in [3.8, 4) is 11.5 Å². The average molecular weight is 242 g/mol. The molecule has 1 aromatic carbocycles. The third-order valence-corrected chi connectivity index (χ3v) is 3.24. The van der Waals surface area contributed by atoms with Crippen LogP contribution in [0, 0.1) is 0 Å². The molecule has 4 heteroatoms. The number of methoxy groups -OCH3 is 1. The van der Waals surface area contributed by atoms with Crippen molar-refractivity contribution in [3.63, 3.8) is 0 Å². The maximum Gasteiger partial charge on any atom is 0.162 e. The highest BCUT2D eigenvalue weighted by Gasteiger charge is 2.21. The summed E-state index contributed by atoms with van der Waals surface area (Å²) in [5.74, 6) is 0.995. The van der Waals surface area contributed by atoms with Gasteiger partial charge in [-0.05, 0) is 25.5 Å². The molecule has 0 spiro atoms. The molecule has 2 N–H and O–H groups in total. The van der Waals surface area contributed by atoms with Crippen molar-refractivity contribution in [2.75, 3.05) is 20.2 Å². The number of aromatic hydroxyl groups is 1. The minimum atomic E-state index is 0.223. The number of phenolic OH excluding ortho intramolecular Hbond substituents is 1. The van der Waals surface area contributed by atoms with Crippen LogP contribution in [0.2, 0.25) is 5.02 Å². The van der Waals surface area contributed by atoms with Gasteiger partial charge in [-0.2, -0.15) is 0 Å². The topological polar surface area (TPSA) is 41.5 Å². The fourth-order valence-electron chi connectivity index (χ4n) is 2.18. The van der Waals surface area contributed by atoms with E-state index in [1.807, 2.05) is 6.07 Å². The zero-order valence-corrected chi connectivity index (χ0v) is 10.0. The summed E-state index contributed by atoms with van der Waals surface area (Å²) in [4.78, 5) is 0. The van der Waals surface area contributed by atoms with Gasteiger partial charge in [-0.15, -0.1) is 0 Å². The van der Waals surface area contributed by atoms with Crippen LogP contribution < -0.4 is 10.1 Å². The number of hydrogen-bond acceptors (Lipinski definition) is 3. The van der Waals surface area contributed by atoms with Gasteiger partial charge in [0, 0.05) is 29.1 Å². The highest BCUT2D eigenvalue weighted by molar-refractivity contribution is 6.30. The summed E-state index contributed by atoms with van der Waals surface area (Å²) in [6, 6.07) is 3.47. The molecule has 1 atom stereocenters. The summed E-state index contributed by atoms with van der Waals surface area (Å²) < 4.78 is 5.10. The van der Waals surface area contributed by atoms with Crippen LogP contribution >= 0.6 is 11.6 Å². The standard InChI is InChI=1S/C12H16ClNO2/c1-16-11-6-9(13)5-10(12(11)15)8-3-2-4-14-7-8/h5-6,8,14-15H,2-4,7H2,1H3. The van der Waals surface area contributed by atoms with Gasteiger partial charge < -0.3 is 15.2 Å². The molecule has 88 valence electrons. The van der Waals surface area contributed by atoms with Crippen molar-refractivity contribution in [1.82, 2.24) is 5.32 Å². The number of hydrogen-bond donors (Lipinski definition) is 2. The lowest BCUT2D eigenvalue weighted by Gasteiger charge is -2.24. The van der Waals surface area contributed by atoms with Gasteiger partial charge in [0.25, 0.3) is 0 Å². The van der Waals surface area contributed by atoms with Gasteiger partial charge in [-0.1, -0.05) is 11.6 Å². The number of ether oxygens (including phenoxy) is 1. The largest absolute Gasteiger partial charge is 0.504 e. The Morgan fingerprint density at radius 1 is 1.50 bits per heavy atom. The van der Waals surface area contributed by atoms with E-state index in [1.165, 1.54) is 7.11 Å². The molecule has 0 bridgehead atoms. The molecule has 2 rings (SSSR count). The van der Waals surface area contributed by atoms with Crippen molar-refractivity contribution < 1.29 is 9.84 Å². The highest BCUT2D eigenvalue weighted by Crippen LogP contribution is 2.39. The molecule has 16 heavy (non-hydrogen) atoms. The molecular formula is C12H16ClNO2. The van der Waals surface area contributed by atoms with E-state index < -0.39 is 0 Å². The van der Waals surface area contributed by atoms with Crippen LogP contribution in [-0.2, 0) is 0 Å². The second-order valence-corrected chi connectivity index (χ2v) is 4.53. The zero-order valence-electron chi connectivity index (χ0n) is 9.29. The summed E-state index contributed by atoms with van der Waals surface area (Å²) >= 11 is 6.01. The van der Waals surface area contributed by atoms with E-state index in [4.69, 9.17) is 16.3 Å². The molecule has 0 amide bonds. The number of piperidine rings is 1. The van der Waals surface area contributed by atoms with E-state index in [1.54, 1.807) is 6.07 Å². The minimum Gasteiger partial charge on any atom is -0.504 e. The first-order valence-corrected chi connectivity index (χ1v) is 5.87. The Labute approximate surface area is 100 Å². The second kappa shape index (κ2) is 4.93. The first-order chi connectivity index (χ1) is 7.72. The van der Waals surface area contributed by atoms with Crippen LogP contribution in [-0.4, -0.2) is 25.3 Å². The Kier molecular flexibility index (Phi) is 3.56. The predicted octanol–water partition coefficient (Wildman–Crippen LogP) is 2.52. The Balaban J connectivity index is 2.34. The van der Waals surface area contributed by atoms with E-state index in [-0.39, 0.29) is 5.75 Å². The van der Waals surface area contributed by atoms with Crippen molar-refractivity contribution in [2.45, 2.75) is 18.8 Å². The smallest absolute Gasteiger partial charge is 0.162 e. The Bertz CT molecular complexity index is 376. The summed E-state index contributed by atoms with van der Waals surface area (Å²) in [6.45, 7) is 1.94. The summed E-state index contributed by atoms with van der Waals surface area (Å²) in [6.07, 6.45) is 2.20. The molecule has 1 aromatic rings. The van der Waals surface area contributed by atoms with Gasteiger partial charge in [-0.3, -0.25) is 0 Å². The third kappa shape index (κ3) is 2.25. The fourth-order valence-corrected chi connectivity index (χ4v) is 2.40. The lowest BCUT2D eigenvalue weighted by molar-refractivity contribution is 0.363. The van der Waals surface area contributed by atoms with Gasteiger partial charge >= 0.3 is 0 Å². The summed E-state index contributed by atoms with van der Waals surface area (Å²) in [7, 11) is 1.54. The lowest BCUT2D eigenvalue weighted by Crippen LogP contribution is -2.28. The van der Waals surface area contributed by atoms with E-state index in [2.05, 4.69) is 5.32 Å². The number of benzene rings is 1. The predicted molar refractivity (Wildman–Crippen MR) is 64.5 cm³/mol. The second-order valence-electron chi connectivity index (χ2n) is 4.09. The molecule has 0 radical (unpaired) electrons. The number of rotatable bonds is 2. The number of phenols is 1. The molecule has 1 unspecified atom stereocenters. The molecule has 0 saturated carbocycles. The quantitative estimate of drug-likeness (QED) is 0.836. The molecular weight excluding hydrogens is 226 g/mol. The maximum absolute atomic E-state index is 10.1. The minimum absolute atomic E-state index is 0.223. The monoisotopic (exact) mass is 241 g/mol. The molecule has 1 aliphatic heterocycles.